The van der Waals surface area contributed by atoms with Gasteiger partial charge in [0, 0.05) is 6.54 Å². The molecule has 4 rings (SSSR count). The fourth-order valence-electron chi connectivity index (χ4n) is 2.76. The first-order chi connectivity index (χ1) is 14.4. The Bertz CT molecular complexity index is 1170. The standard InChI is InChI=1S/C20H18N2O5S3/c1-13-2-5-15(6-3-13)30(24,25)19-20(29-11-22-19)28-10-18(23)21-9-14-4-7-16-17(8-14)27-12-26-16/h2-8,11H,9-10,12H2,1H3,(H,21,23). The van der Waals surface area contributed by atoms with Crippen LogP contribution in [0.5, 0.6) is 11.5 Å². The van der Waals surface area contributed by atoms with Gasteiger partial charge in [0.25, 0.3) is 0 Å². The molecule has 0 fully saturated rings. The van der Waals surface area contributed by atoms with E-state index in [4.69, 9.17) is 9.47 Å². The molecule has 0 saturated carbocycles. The van der Waals surface area contributed by atoms with Gasteiger partial charge in [-0.3, -0.25) is 4.79 Å². The van der Waals surface area contributed by atoms with E-state index in [0.29, 0.717) is 22.3 Å². The van der Waals surface area contributed by atoms with Crippen molar-refractivity contribution in [3.63, 3.8) is 0 Å². The van der Waals surface area contributed by atoms with Gasteiger partial charge in [-0.2, -0.15) is 0 Å². The van der Waals surface area contributed by atoms with Gasteiger partial charge in [0.15, 0.2) is 16.5 Å². The zero-order valence-corrected chi connectivity index (χ0v) is 18.4. The number of carbonyl (C=O) groups is 1. The molecule has 1 N–H and O–H groups in total. The van der Waals surface area contributed by atoms with Crippen LogP contribution in [0, 0.1) is 6.92 Å². The summed E-state index contributed by atoms with van der Waals surface area (Å²) in [5.41, 5.74) is 3.34. The largest absolute Gasteiger partial charge is 0.454 e. The second-order valence-electron chi connectivity index (χ2n) is 6.51. The van der Waals surface area contributed by atoms with Gasteiger partial charge in [0.05, 0.1) is 20.4 Å². The number of sulfone groups is 1. The van der Waals surface area contributed by atoms with Crippen molar-refractivity contribution < 1.29 is 22.7 Å². The van der Waals surface area contributed by atoms with Gasteiger partial charge in [-0.1, -0.05) is 23.8 Å². The van der Waals surface area contributed by atoms with Crippen LogP contribution >= 0.6 is 23.1 Å². The molecule has 156 valence electrons. The van der Waals surface area contributed by atoms with Crippen LogP contribution in [-0.4, -0.2) is 31.9 Å². The molecular weight excluding hydrogens is 444 g/mol. The highest BCUT2D eigenvalue weighted by Gasteiger charge is 2.25. The number of benzene rings is 2. The number of amides is 1. The topological polar surface area (TPSA) is 94.6 Å². The van der Waals surface area contributed by atoms with E-state index >= 15 is 0 Å². The van der Waals surface area contributed by atoms with E-state index in [-0.39, 0.29) is 28.4 Å². The zero-order valence-electron chi connectivity index (χ0n) is 16.0. The minimum absolute atomic E-state index is 0.00933. The van der Waals surface area contributed by atoms with E-state index in [0.717, 1.165) is 22.9 Å². The monoisotopic (exact) mass is 462 g/mol. The first-order valence-corrected chi connectivity index (χ1v) is 12.3. The summed E-state index contributed by atoms with van der Waals surface area (Å²) in [4.78, 5) is 16.5. The van der Waals surface area contributed by atoms with Gasteiger partial charge >= 0.3 is 0 Å². The Hall–Kier alpha value is -2.56. The zero-order chi connectivity index (χ0) is 21.1. The van der Waals surface area contributed by atoms with Gasteiger partial charge in [-0.15, -0.1) is 23.1 Å². The summed E-state index contributed by atoms with van der Waals surface area (Å²) in [5.74, 6) is 1.23. The first-order valence-electron chi connectivity index (χ1n) is 8.97. The van der Waals surface area contributed by atoms with Crippen molar-refractivity contribution >= 4 is 38.8 Å². The van der Waals surface area contributed by atoms with Crippen molar-refractivity contribution in [3.05, 3.63) is 59.1 Å². The molecule has 7 nitrogen and oxygen atoms in total. The maximum Gasteiger partial charge on any atom is 0.231 e. The van der Waals surface area contributed by atoms with Gasteiger partial charge in [0.1, 0.15) is 0 Å². The third-order valence-electron chi connectivity index (χ3n) is 4.35. The number of fused-ring (bicyclic) bond motifs is 1. The molecule has 0 radical (unpaired) electrons. The van der Waals surface area contributed by atoms with Gasteiger partial charge in [0.2, 0.25) is 22.5 Å². The summed E-state index contributed by atoms with van der Waals surface area (Å²) >= 11 is 2.37. The van der Waals surface area contributed by atoms with Crippen molar-refractivity contribution in [1.82, 2.24) is 10.3 Å². The molecule has 1 aliphatic rings. The Balaban J connectivity index is 1.37. The van der Waals surface area contributed by atoms with E-state index in [1.165, 1.54) is 16.8 Å². The van der Waals surface area contributed by atoms with Gasteiger partial charge < -0.3 is 14.8 Å². The number of thioether (sulfide) groups is 1. The highest BCUT2D eigenvalue weighted by atomic mass is 32.2. The molecule has 1 aliphatic heterocycles. The lowest BCUT2D eigenvalue weighted by Crippen LogP contribution is -2.24. The van der Waals surface area contributed by atoms with Crippen molar-refractivity contribution in [3.8, 4) is 11.5 Å². The molecule has 0 aliphatic carbocycles. The summed E-state index contributed by atoms with van der Waals surface area (Å²) < 4.78 is 36.9. The van der Waals surface area contributed by atoms with Crippen LogP contribution in [0.15, 0.2) is 62.1 Å². The lowest BCUT2D eigenvalue weighted by atomic mass is 10.2. The Labute approximate surface area is 182 Å². The maximum absolute atomic E-state index is 12.9. The molecule has 0 spiro atoms. The number of ether oxygens (including phenoxy) is 2. The van der Waals surface area contributed by atoms with Crippen molar-refractivity contribution in [2.45, 2.75) is 27.6 Å². The predicted molar refractivity (Wildman–Crippen MR) is 114 cm³/mol. The van der Waals surface area contributed by atoms with Crippen LogP contribution in [0.2, 0.25) is 0 Å². The fourth-order valence-corrected chi connectivity index (χ4v) is 6.46. The van der Waals surface area contributed by atoms with E-state index in [2.05, 4.69) is 10.3 Å². The summed E-state index contributed by atoms with van der Waals surface area (Å²) in [6.45, 7) is 2.43. The molecule has 3 aromatic rings. The number of hydrogen-bond acceptors (Lipinski definition) is 8. The number of rotatable bonds is 7. The van der Waals surface area contributed by atoms with Crippen molar-refractivity contribution in [1.29, 1.82) is 0 Å². The highest BCUT2D eigenvalue weighted by Crippen LogP contribution is 2.34. The average Bonchev–Trinajstić information content (AvgIpc) is 3.40. The third kappa shape index (κ3) is 4.45. The van der Waals surface area contributed by atoms with Crippen LogP contribution in [0.4, 0.5) is 0 Å². The van der Waals surface area contributed by atoms with E-state index < -0.39 is 9.84 Å². The van der Waals surface area contributed by atoms with Crippen LogP contribution in [0.3, 0.4) is 0 Å². The predicted octanol–water partition coefficient (Wildman–Crippen LogP) is 3.42. The SMILES string of the molecule is Cc1ccc(S(=O)(=O)c2ncsc2SCC(=O)NCc2ccc3c(c2)OCO3)cc1. The summed E-state index contributed by atoms with van der Waals surface area (Å²) in [6.07, 6.45) is 0. The number of nitrogens with one attached hydrogen (secondary N) is 1. The number of hydrogen-bond donors (Lipinski definition) is 1. The Morgan fingerprint density at radius 2 is 1.93 bits per heavy atom. The van der Waals surface area contributed by atoms with Gasteiger partial charge in [-0.05, 0) is 36.8 Å². The van der Waals surface area contributed by atoms with Crippen molar-refractivity contribution in [2.24, 2.45) is 0 Å². The highest BCUT2D eigenvalue weighted by molar-refractivity contribution is 8.02. The lowest BCUT2D eigenvalue weighted by Gasteiger charge is -2.07. The number of aromatic nitrogens is 1. The second-order valence-corrected chi connectivity index (χ2v) is 10.5. The van der Waals surface area contributed by atoms with Crippen LogP contribution < -0.4 is 14.8 Å². The van der Waals surface area contributed by atoms with E-state index in [1.54, 1.807) is 30.3 Å². The lowest BCUT2D eigenvalue weighted by molar-refractivity contribution is -0.118. The molecule has 2 aromatic carbocycles. The number of thiazole rings is 1. The third-order valence-corrected chi connectivity index (χ3v) is 8.44. The summed E-state index contributed by atoms with van der Waals surface area (Å²) in [5, 5.41) is 2.82. The minimum Gasteiger partial charge on any atom is -0.454 e. The van der Waals surface area contributed by atoms with Gasteiger partial charge in [-0.25, -0.2) is 13.4 Å². The molecule has 2 heterocycles. The normalized spacial score (nSPS) is 12.7. The number of nitrogens with zero attached hydrogens (tertiary/aromatic N) is 1. The maximum atomic E-state index is 12.9. The van der Waals surface area contributed by atoms with E-state index in [1.807, 2.05) is 19.1 Å². The molecule has 1 aromatic heterocycles. The molecule has 10 heteroatoms. The molecular formula is C20H18N2O5S3. The second kappa shape index (κ2) is 8.66. The Kier molecular flexibility index (Phi) is 5.98. The summed E-state index contributed by atoms with van der Waals surface area (Å²) in [7, 11) is -3.73. The molecule has 30 heavy (non-hydrogen) atoms. The Morgan fingerprint density at radius 3 is 2.73 bits per heavy atom. The van der Waals surface area contributed by atoms with Crippen LogP contribution in [0.1, 0.15) is 11.1 Å². The average molecular weight is 463 g/mol. The molecule has 1 amide bonds. The number of carbonyl (C=O) groups excluding carboxylic acids is 1. The molecule has 0 bridgehead atoms. The molecule has 0 atom stereocenters. The van der Waals surface area contributed by atoms with Crippen molar-refractivity contribution in [2.75, 3.05) is 12.5 Å². The number of aryl methyl sites for hydroxylation is 1. The molecule has 0 saturated heterocycles. The van der Waals surface area contributed by atoms with Crippen LogP contribution in [-0.2, 0) is 21.2 Å². The Morgan fingerprint density at radius 1 is 1.17 bits per heavy atom. The quantitative estimate of drug-likeness (QED) is 0.538. The first kappa shape index (κ1) is 20.7. The van der Waals surface area contributed by atoms with Crippen LogP contribution in [0.25, 0.3) is 0 Å². The fraction of sp³-hybridized carbons (Fsp3) is 0.200. The minimum atomic E-state index is -3.73. The van der Waals surface area contributed by atoms with E-state index in [9.17, 15) is 13.2 Å². The molecule has 0 unspecified atom stereocenters. The smallest absolute Gasteiger partial charge is 0.231 e. The summed E-state index contributed by atoms with van der Waals surface area (Å²) in [6, 6.07) is 12.1.